The van der Waals surface area contributed by atoms with E-state index < -0.39 is 11.3 Å². The minimum atomic E-state index is -2.36. The van der Waals surface area contributed by atoms with Crippen LogP contribution in [0, 0.1) is 11.3 Å². The zero-order chi connectivity index (χ0) is 8.98. The van der Waals surface area contributed by atoms with Gasteiger partial charge in [0.25, 0.3) is 5.92 Å². The van der Waals surface area contributed by atoms with Gasteiger partial charge in [-0.1, -0.05) is 6.58 Å². The van der Waals surface area contributed by atoms with Gasteiger partial charge in [0.15, 0.2) is 0 Å². The zero-order valence-corrected chi connectivity index (χ0v) is 7.16. The highest BCUT2D eigenvalue weighted by Gasteiger charge is 2.75. The van der Waals surface area contributed by atoms with Gasteiger partial charge in [0, 0.05) is 24.6 Å². The van der Waals surface area contributed by atoms with Gasteiger partial charge in [-0.15, -0.1) is 0 Å². The van der Waals surface area contributed by atoms with E-state index in [1.807, 2.05) is 0 Å². The molecule has 0 bridgehead atoms. The topological polar surface area (TPSA) is 12.0 Å². The van der Waals surface area contributed by atoms with Gasteiger partial charge in [-0.3, -0.25) is 0 Å². The third-order valence-corrected chi connectivity index (χ3v) is 3.30. The van der Waals surface area contributed by atoms with Crippen LogP contribution >= 0.6 is 0 Å². The van der Waals surface area contributed by atoms with E-state index in [-0.39, 0.29) is 12.3 Å². The number of alkyl halides is 2. The van der Waals surface area contributed by atoms with Crippen molar-refractivity contribution in [1.82, 2.24) is 5.32 Å². The Morgan fingerprint density at radius 3 is 2.33 bits per heavy atom. The smallest absolute Gasteiger partial charge is 0.254 e. The lowest BCUT2D eigenvalue weighted by molar-refractivity contribution is 0.00979. The van der Waals surface area contributed by atoms with Gasteiger partial charge in [-0.05, 0) is 18.8 Å². The van der Waals surface area contributed by atoms with Crippen LogP contribution in [0.1, 0.15) is 19.3 Å². The Morgan fingerprint density at radius 1 is 1.50 bits per heavy atom. The zero-order valence-electron chi connectivity index (χ0n) is 7.16. The maximum atomic E-state index is 12.7. The van der Waals surface area contributed by atoms with Crippen molar-refractivity contribution in [2.24, 2.45) is 11.3 Å². The van der Waals surface area contributed by atoms with Crippen LogP contribution in [-0.2, 0) is 0 Å². The van der Waals surface area contributed by atoms with Crippen molar-refractivity contribution in [2.45, 2.75) is 25.2 Å². The first-order valence-corrected chi connectivity index (χ1v) is 4.25. The Labute approximate surface area is 70.8 Å². The van der Waals surface area contributed by atoms with Crippen molar-refractivity contribution in [2.75, 3.05) is 7.05 Å². The van der Waals surface area contributed by atoms with Gasteiger partial charge in [0.05, 0.1) is 0 Å². The van der Waals surface area contributed by atoms with Crippen LogP contribution in [0.2, 0.25) is 0 Å². The number of nitrogens with one attached hydrogen (secondary N) is 1. The number of hydrogen-bond donors (Lipinski definition) is 1. The van der Waals surface area contributed by atoms with E-state index in [9.17, 15) is 8.78 Å². The molecule has 1 N–H and O–H groups in total. The van der Waals surface area contributed by atoms with Crippen LogP contribution in [0.4, 0.5) is 8.78 Å². The second-order valence-electron chi connectivity index (χ2n) is 4.04. The van der Waals surface area contributed by atoms with Gasteiger partial charge >= 0.3 is 0 Å². The summed E-state index contributed by atoms with van der Waals surface area (Å²) >= 11 is 0. The number of rotatable bonds is 2. The van der Waals surface area contributed by atoms with Crippen LogP contribution in [0.15, 0.2) is 12.3 Å². The van der Waals surface area contributed by atoms with E-state index >= 15 is 0 Å². The highest BCUT2D eigenvalue weighted by molar-refractivity contribution is 5.22. The summed E-state index contributed by atoms with van der Waals surface area (Å²) in [5.41, 5.74) is 0.292. The summed E-state index contributed by atoms with van der Waals surface area (Å²) in [6.45, 7) is 3.78. The Kier molecular flexibility index (Phi) is 1.34. The minimum absolute atomic E-state index is 0.105. The van der Waals surface area contributed by atoms with Crippen molar-refractivity contribution >= 4 is 0 Å². The average Bonchev–Trinajstić information content (AvgIpc) is 2.49. The van der Waals surface area contributed by atoms with Crippen LogP contribution in [0.3, 0.4) is 0 Å². The molecule has 0 radical (unpaired) electrons. The molecule has 68 valence electrons. The summed E-state index contributed by atoms with van der Waals surface area (Å²) in [7, 11) is 1.79. The van der Waals surface area contributed by atoms with Crippen molar-refractivity contribution in [3.8, 4) is 0 Å². The molecule has 3 heteroatoms. The van der Waals surface area contributed by atoms with Gasteiger partial charge in [-0.25, -0.2) is 8.78 Å². The molecule has 0 aromatic carbocycles. The predicted molar refractivity (Wildman–Crippen MR) is 42.9 cm³/mol. The molecule has 0 aromatic rings. The normalized spacial score (nSPS) is 42.1. The van der Waals surface area contributed by atoms with Crippen LogP contribution < -0.4 is 5.32 Å². The molecule has 0 aromatic heterocycles. The summed E-state index contributed by atoms with van der Waals surface area (Å²) in [5, 5.41) is 2.92. The van der Waals surface area contributed by atoms with Gasteiger partial charge < -0.3 is 5.32 Å². The molecule has 2 fully saturated rings. The van der Waals surface area contributed by atoms with Crippen LogP contribution in [0.5, 0.6) is 0 Å². The summed E-state index contributed by atoms with van der Waals surface area (Å²) in [6, 6.07) is 0. The molecule has 0 saturated heterocycles. The Bertz CT molecular complexity index is 229. The van der Waals surface area contributed by atoms with Crippen molar-refractivity contribution < 1.29 is 8.78 Å². The van der Waals surface area contributed by atoms with Crippen molar-refractivity contribution in [1.29, 1.82) is 0 Å². The summed E-state index contributed by atoms with van der Waals surface area (Å²) in [5.74, 6) is -2.08. The lowest BCUT2D eigenvalue weighted by Crippen LogP contribution is -2.34. The largest absolute Gasteiger partial charge is 0.392 e. The molecule has 0 unspecified atom stereocenters. The minimum Gasteiger partial charge on any atom is -0.392 e. The molecule has 0 heterocycles. The molecule has 2 aliphatic rings. The third-order valence-electron chi connectivity index (χ3n) is 3.30. The molecule has 1 spiro atoms. The average molecular weight is 173 g/mol. The van der Waals surface area contributed by atoms with E-state index in [4.69, 9.17) is 0 Å². The molecule has 1 nitrogen and oxygen atoms in total. The first kappa shape index (κ1) is 8.02. The molecule has 12 heavy (non-hydrogen) atoms. The lowest BCUT2D eigenvalue weighted by atomic mass is 9.70. The fourth-order valence-electron chi connectivity index (χ4n) is 2.16. The summed E-state index contributed by atoms with van der Waals surface area (Å²) in [4.78, 5) is 0. The first-order chi connectivity index (χ1) is 5.51. The fourth-order valence-corrected chi connectivity index (χ4v) is 2.16. The number of allylic oxidation sites excluding steroid dienone is 1. The van der Waals surface area contributed by atoms with Crippen LogP contribution in [0.25, 0.3) is 0 Å². The summed E-state index contributed by atoms with van der Waals surface area (Å²) in [6.07, 6.45) is 1.35. The Morgan fingerprint density at radius 2 is 2.00 bits per heavy atom. The molecule has 2 saturated carbocycles. The Balaban J connectivity index is 1.90. The second-order valence-corrected chi connectivity index (χ2v) is 4.04. The molecule has 0 atom stereocenters. The maximum absolute atomic E-state index is 12.7. The van der Waals surface area contributed by atoms with Crippen molar-refractivity contribution in [3.05, 3.63) is 12.3 Å². The van der Waals surface area contributed by atoms with E-state index in [1.54, 1.807) is 7.05 Å². The molecule has 2 aliphatic carbocycles. The van der Waals surface area contributed by atoms with E-state index in [1.165, 1.54) is 0 Å². The number of hydrogen-bond acceptors (Lipinski definition) is 1. The third kappa shape index (κ3) is 0.822. The molecule has 0 amide bonds. The molecule has 0 aliphatic heterocycles. The lowest BCUT2D eigenvalue weighted by Gasteiger charge is -2.37. The first-order valence-electron chi connectivity index (χ1n) is 4.25. The monoisotopic (exact) mass is 173 g/mol. The molecular formula is C9H13F2N. The molecule has 2 rings (SSSR count). The highest BCUT2D eigenvalue weighted by atomic mass is 19.3. The predicted octanol–water partition coefficient (Wildman–Crippen LogP) is 2.15. The molecular weight excluding hydrogens is 160 g/mol. The van der Waals surface area contributed by atoms with Crippen LogP contribution in [-0.4, -0.2) is 13.0 Å². The fraction of sp³-hybridized carbons (Fsp3) is 0.778. The summed E-state index contributed by atoms with van der Waals surface area (Å²) < 4.78 is 25.4. The van der Waals surface area contributed by atoms with Crippen molar-refractivity contribution in [3.63, 3.8) is 0 Å². The standard InChI is InChI=1S/C9H13F2N/c1-6(12-2)7-3-8(4-7)5-9(8,10)11/h7,12H,1,3-5H2,2H3. The maximum Gasteiger partial charge on any atom is 0.254 e. The quantitative estimate of drug-likeness (QED) is 0.674. The van der Waals surface area contributed by atoms with Gasteiger partial charge in [0.2, 0.25) is 0 Å². The van der Waals surface area contributed by atoms with E-state index in [0.717, 1.165) is 5.70 Å². The van der Waals surface area contributed by atoms with Gasteiger partial charge in [0.1, 0.15) is 0 Å². The number of halogens is 2. The highest BCUT2D eigenvalue weighted by Crippen LogP contribution is 2.73. The van der Waals surface area contributed by atoms with E-state index in [2.05, 4.69) is 11.9 Å². The van der Waals surface area contributed by atoms with E-state index in [0.29, 0.717) is 12.8 Å². The Hall–Kier alpha value is -0.600. The second kappa shape index (κ2) is 2.01. The SMILES string of the molecule is C=C(NC)C1CC2(C1)CC2(F)F. The van der Waals surface area contributed by atoms with Gasteiger partial charge in [-0.2, -0.15) is 0 Å².